The zero-order chi connectivity index (χ0) is 11.3. The summed E-state index contributed by atoms with van der Waals surface area (Å²) in [6.07, 6.45) is 1.78. The first-order chi connectivity index (χ1) is 7.20. The number of nitrogens with one attached hydrogen (secondary N) is 1. The quantitative estimate of drug-likeness (QED) is 0.783. The largest absolute Gasteiger partial charge is 0.329 e. The lowest BCUT2D eigenvalue weighted by molar-refractivity contribution is 0.578. The van der Waals surface area contributed by atoms with Gasteiger partial charge in [0, 0.05) is 19.1 Å². The first-order valence-corrected chi connectivity index (χ1v) is 5.44. The monoisotopic (exact) mass is 244 g/mol. The molecule has 0 radical (unpaired) electrons. The molecule has 15 heavy (non-hydrogen) atoms. The van der Waals surface area contributed by atoms with Gasteiger partial charge in [-0.15, -0.1) is 6.58 Å². The molecule has 0 heterocycles. The van der Waals surface area contributed by atoms with Crippen molar-refractivity contribution in [2.75, 3.05) is 13.1 Å². The molecule has 1 atom stereocenters. The minimum Gasteiger partial charge on any atom is -0.329 e. The highest BCUT2D eigenvalue weighted by atomic mass is 35.5. The highest BCUT2D eigenvalue weighted by Gasteiger charge is 2.13. The Morgan fingerprint density at radius 1 is 1.47 bits per heavy atom. The number of benzene rings is 1. The zero-order valence-electron chi connectivity index (χ0n) is 8.34. The average molecular weight is 245 g/mol. The minimum absolute atomic E-state index is 0.00852. The summed E-state index contributed by atoms with van der Waals surface area (Å²) in [6, 6.07) is 5.55. The molecule has 0 aromatic heterocycles. The summed E-state index contributed by atoms with van der Waals surface area (Å²) < 4.78 is 0. The van der Waals surface area contributed by atoms with Crippen molar-refractivity contribution in [3.63, 3.8) is 0 Å². The summed E-state index contributed by atoms with van der Waals surface area (Å²) in [7, 11) is 0. The lowest BCUT2D eigenvalue weighted by Crippen LogP contribution is -2.28. The third-order valence-electron chi connectivity index (χ3n) is 2.10. The Bertz CT molecular complexity index is 339. The summed E-state index contributed by atoms with van der Waals surface area (Å²) in [5, 5.41) is 4.33. The Morgan fingerprint density at radius 3 is 2.80 bits per heavy atom. The third kappa shape index (κ3) is 3.21. The van der Waals surface area contributed by atoms with E-state index >= 15 is 0 Å². The van der Waals surface area contributed by atoms with Crippen LogP contribution in [0, 0.1) is 0 Å². The molecule has 1 aromatic carbocycles. The van der Waals surface area contributed by atoms with Gasteiger partial charge in [-0.1, -0.05) is 41.4 Å². The van der Waals surface area contributed by atoms with Crippen LogP contribution < -0.4 is 11.1 Å². The highest BCUT2D eigenvalue weighted by Crippen LogP contribution is 2.29. The van der Waals surface area contributed by atoms with Gasteiger partial charge in [0.2, 0.25) is 0 Å². The van der Waals surface area contributed by atoms with Crippen LogP contribution in [0.1, 0.15) is 11.6 Å². The van der Waals surface area contributed by atoms with Crippen molar-refractivity contribution in [1.29, 1.82) is 0 Å². The van der Waals surface area contributed by atoms with E-state index in [1.54, 1.807) is 12.1 Å². The maximum absolute atomic E-state index is 6.09. The minimum atomic E-state index is 0.00852. The summed E-state index contributed by atoms with van der Waals surface area (Å²) in [5.41, 5.74) is 6.59. The van der Waals surface area contributed by atoms with Crippen molar-refractivity contribution < 1.29 is 0 Å². The number of hydrogen-bond acceptors (Lipinski definition) is 2. The number of halogens is 2. The van der Waals surface area contributed by atoms with Crippen molar-refractivity contribution in [1.82, 2.24) is 5.32 Å². The van der Waals surface area contributed by atoms with E-state index in [-0.39, 0.29) is 6.04 Å². The lowest BCUT2D eigenvalue weighted by atomic mass is 10.1. The van der Waals surface area contributed by atoms with Gasteiger partial charge in [0.15, 0.2) is 0 Å². The van der Waals surface area contributed by atoms with E-state index in [0.29, 0.717) is 23.1 Å². The van der Waals surface area contributed by atoms with Gasteiger partial charge in [-0.3, -0.25) is 0 Å². The molecule has 3 N–H and O–H groups in total. The summed E-state index contributed by atoms with van der Waals surface area (Å²) in [5.74, 6) is 0. The van der Waals surface area contributed by atoms with Crippen LogP contribution in [0.4, 0.5) is 0 Å². The molecule has 4 heteroatoms. The van der Waals surface area contributed by atoms with Crippen molar-refractivity contribution in [3.8, 4) is 0 Å². The SMILES string of the molecule is C=CCNC(CN)c1cccc(Cl)c1Cl. The van der Waals surface area contributed by atoms with E-state index in [4.69, 9.17) is 28.9 Å². The Kier molecular flexibility index (Phi) is 5.12. The number of rotatable bonds is 5. The van der Waals surface area contributed by atoms with Crippen LogP contribution in [0.3, 0.4) is 0 Å². The molecule has 0 bridgehead atoms. The molecule has 1 rings (SSSR count). The number of nitrogens with two attached hydrogens (primary N) is 1. The molecule has 0 saturated heterocycles. The predicted molar refractivity (Wildman–Crippen MR) is 66.5 cm³/mol. The van der Waals surface area contributed by atoms with E-state index in [2.05, 4.69) is 11.9 Å². The van der Waals surface area contributed by atoms with Crippen molar-refractivity contribution >= 4 is 23.2 Å². The average Bonchev–Trinajstić information content (AvgIpc) is 2.25. The van der Waals surface area contributed by atoms with Gasteiger partial charge in [0.25, 0.3) is 0 Å². The second-order valence-corrected chi connectivity index (χ2v) is 3.91. The molecule has 1 unspecified atom stereocenters. The first kappa shape index (κ1) is 12.5. The van der Waals surface area contributed by atoms with Crippen LogP contribution in [0.15, 0.2) is 30.9 Å². The molecule has 0 amide bonds. The van der Waals surface area contributed by atoms with Crippen LogP contribution >= 0.6 is 23.2 Å². The summed E-state index contributed by atoms with van der Waals surface area (Å²) in [4.78, 5) is 0. The molecular formula is C11H14Cl2N2. The van der Waals surface area contributed by atoms with Crippen molar-refractivity contribution in [3.05, 3.63) is 46.5 Å². The fourth-order valence-corrected chi connectivity index (χ4v) is 1.77. The Labute approximate surface area is 100 Å². The molecule has 82 valence electrons. The standard InChI is InChI=1S/C11H14Cl2N2/c1-2-6-15-10(7-14)8-4-3-5-9(12)11(8)13/h2-5,10,15H,1,6-7,14H2. The Morgan fingerprint density at radius 2 is 2.20 bits per heavy atom. The van der Waals surface area contributed by atoms with E-state index in [0.717, 1.165) is 5.56 Å². The van der Waals surface area contributed by atoms with Gasteiger partial charge in [-0.2, -0.15) is 0 Å². The second-order valence-electron chi connectivity index (χ2n) is 3.13. The Balaban J connectivity index is 2.90. The Hall–Kier alpha value is -0.540. The maximum atomic E-state index is 6.09. The lowest BCUT2D eigenvalue weighted by Gasteiger charge is -2.18. The van der Waals surface area contributed by atoms with Gasteiger partial charge in [0.05, 0.1) is 10.0 Å². The second kappa shape index (κ2) is 6.13. The molecule has 0 spiro atoms. The van der Waals surface area contributed by atoms with Crippen LogP contribution in [0.5, 0.6) is 0 Å². The normalized spacial score (nSPS) is 12.5. The van der Waals surface area contributed by atoms with Crippen molar-refractivity contribution in [2.45, 2.75) is 6.04 Å². The predicted octanol–water partition coefficient (Wildman–Crippen LogP) is 2.77. The van der Waals surface area contributed by atoms with Crippen molar-refractivity contribution in [2.24, 2.45) is 5.73 Å². The van der Waals surface area contributed by atoms with E-state index in [9.17, 15) is 0 Å². The fourth-order valence-electron chi connectivity index (χ4n) is 1.34. The van der Waals surface area contributed by atoms with Gasteiger partial charge < -0.3 is 11.1 Å². The van der Waals surface area contributed by atoms with Gasteiger partial charge in [-0.25, -0.2) is 0 Å². The first-order valence-electron chi connectivity index (χ1n) is 4.69. The van der Waals surface area contributed by atoms with Crippen LogP contribution in [0.2, 0.25) is 10.0 Å². The van der Waals surface area contributed by atoms with Gasteiger partial charge in [-0.05, 0) is 11.6 Å². The zero-order valence-corrected chi connectivity index (χ0v) is 9.85. The molecule has 0 aliphatic carbocycles. The van der Waals surface area contributed by atoms with E-state index in [1.165, 1.54) is 0 Å². The van der Waals surface area contributed by atoms with Crippen LogP contribution in [-0.2, 0) is 0 Å². The smallest absolute Gasteiger partial charge is 0.0640 e. The summed E-state index contributed by atoms with van der Waals surface area (Å²) >= 11 is 12.0. The van der Waals surface area contributed by atoms with Crippen LogP contribution in [-0.4, -0.2) is 13.1 Å². The molecule has 0 aliphatic heterocycles. The number of hydrogen-bond donors (Lipinski definition) is 2. The van der Waals surface area contributed by atoms with Gasteiger partial charge in [0.1, 0.15) is 0 Å². The third-order valence-corrected chi connectivity index (χ3v) is 2.93. The summed E-state index contributed by atoms with van der Waals surface area (Å²) in [6.45, 7) is 4.79. The fraction of sp³-hybridized carbons (Fsp3) is 0.273. The topological polar surface area (TPSA) is 38.0 Å². The van der Waals surface area contributed by atoms with E-state index < -0.39 is 0 Å². The molecule has 1 aromatic rings. The molecular weight excluding hydrogens is 231 g/mol. The molecule has 0 saturated carbocycles. The molecule has 0 aliphatic rings. The maximum Gasteiger partial charge on any atom is 0.0640 e. The van der Waals surface area contributed by atoms with Gasteiger partial charge >= 0.3 is 0 Å². The molecule has 2 nitrogen and oxygen atoms in total. The highest BCUT2D eigenvalue weighted by molar-refractivity contribution is 6.42. The van der Waals surface area contributed by atoms with Crippen LogP contribution in [0.25, 0.3) is 0 Å². The van der Waals surface area contributed by atoms with E-state index in [1.807, 2.05) is 12.1 Å². The molecule has 0 fully saturated rings.